The summed E-state index contributed by atoms with van der Waals surface area (Å²) in [6.45, 7) is 1.27. The van der Waals surface area contributed by atoms with Gasteiger partial charge in [-0.25, -0.2) is 8.42 Å². The van der Waals surface area contributed by atoms with E-state index in [1.165, 1.54) is 24.3 Å². The Morgan fingerprint density at radius 1 is 1.21 bits per heavy atom. The average Bonchev–Trinajstić information content (AvgIpc) is 2.72. The fourth-order valence-corrected chi connectivity index (χ4v) is 4.09. The van der Waals surface area contributed by atoms with Crippen molar-refractivity contribution in [3.63, 3.8) is 0 Å². The number of halogens is 1. The van der Waals surface area contributed by atoms with Crippen LogP contribution in [0.4, 0.5) is 0 Å². The molecule has 6 nitrogen and oxygen atoms in total. The lowest BCUT2D eigenvalue weighted by Gasteiger charge is -2.33. The molecule has 146 valence electrons. The summed E-state index contributed by atoms with van der Waals surface area (Å²) in [7, 11) is -3.68. The number of ether oxygens (including phenoxy) is 1. The van der Waals surface area contributed by atoms with Gasteiger partial charge in [0.05, 0.1) is 24.6 Å². The summed E-state index contributed by atoms with van der Waals surface area (Å²) in [6, 6.07) is 13.6. The van der Waals surface area contributed by atoms with Gasteiger partial charge in [-0.05, 0) is 42.0 Å². The molecule has 1 saturated heterocycles. The molecule has 0 bridgehead atoms. The van der Waals surface area contributed by atoms with Crippen LogP contribution in [0.25, 0.3) is 0 Å². The first kappa shape index (κ1) is 20.6. The summed E-state index contributed by atoms with van der Waals surface area (Å²) in [4.78, 5) is 14.6. The lowest BCUT2D eigenvalue weighted by molar-refractivity contribution is -0.0228. The maximum absolute atomic E-state index is 12.8. The number of morpholine rings is 1. The lowest BCUT2D eigenvalue weighted by atomic mass is 10.1. The Labute approximate surface area is 173 Å². The summed E-state index contributed by atoms with van der Waals surface area (Å²) in [5.74, 6) is 2.06. The van der Waals surface area contributed by atoms with Crippen molar-refractivity contribution in [3.05, 3.63) is 64.1 Å². The molecule has 1 aliphatic rings. The van der Waals surface area contributed by atoms with Gasteiger partial charge in [-0.1, -0.05) is 34.0 Å². The average molecular weight is 463 g/mol. The molecule has 3 rings (SSSR count). The second-order valence-corrected chi connectivity index (χ2v) is 8.90. The van der Waals surface area contributed by atoms with Gasteiger partial charge in [0.2, 0.25) is 10.0 Å². The third kappa shape index (κ3) is 4.80. The molecule has 2 aromatic rings. The highest BCUT2D eigenvalue weighted by Crippen LogP contribution is 2.25. The zero-order valence-electron chi connectivity index (χ0n) is 15.0. The molecule has 0 saturated carbocycles. The first-order valence-corrected chi connectivity index (χ1v) is 10.9. The Hall–Kier alpha value is -2.18. The molecule has 1 N–H and O–H groups in total. The van der Waals surface area contributed by atoms with Gasteiger partial charge in [0.1, 0.15) is 6.10 Å². The summed E-state index contributed by atoms with van der Waals surface area (Å²) >= 11 is 3.41. The number of benzene rings is 2. The fourth-order valence-electron chi connectivity index (χ4n) is 2.89. The van der Waals surface area contributed by atoms with Crippen molar-refractivity contribution < 1.29 is 17.9 Å². The molecule has 1 aliphatic heterocycles. The van der Waals surface area contributed by atoms with E-state index in [0.29, 0.717) is 25.3 Å². The zero-order chi connectivity index (χ0) is 20.1. The van der Waals surface area contributed by atoms with Crippen LogP contribution in [0, 0.1) is 12.3 Å². The minimum absolute atomic E-state index is 0.0639. The summed E-state index contributed by atoms with van der Waals surface area (Å²) in [5.41, 5.74) is 1.43. The zero-order valence-corrected chi connectivity index (χ0v) is 17.4. The Balaban J connectivity index is 1.71. The number of carbonyl (C=O) groups is 1. The molecule has 0 aliphatic carbocycles. The highest BCUT2D eigenvalue weighted by Gasteiger charge is 2.26. The van der Waals surface area contributed by atoms with Crippen LogP contribution in [0.2, 0.25) is 0 Å². The van der Waals surface area contributed by atoms with Crippen LogP contribution >= 0.6 is 15.9 Å². The maximum atomic E-state index is 12.8. The number of carbonyl (C=O) groups excluding carboxylic acids is 1. The highest BCUT2D eigenvalue weighted by atomic mass is 79.9. The second-order valence-electron chi connectivity index (χ2n) is 6.22. The first-order chi connectivity index (χ1) is 13.4. The van der Waals surface area contributed by atoms with Gasteiger partial charge < -0.3 is 9.64 Å². The van der Waals surface area contributed by atoms with Crippen molar-refractivity contribution in [3.8, 4) is 12.3 Å². The monoisotopic (exact) mass is 462 g/mol. The number of hydrogen-bond acceptors (Lipinski definition) is 4. The molecule has 2 aromatic carbocycles. The Kier molecular flexibility index (Phi) is 6.52. The van der Waals surface area contributed by atoms with Gasteiger partial charge in [-0.3, -0.25) is 4.79 Å². The largest absolute Gasteiger partial charge is 0.370 e. The molecular weight excluding hydrogens is 444 g/mol. The van der Waals surface area contributed by atoms with Crippen LogP contribution in [0.1, 0.15) is 22.0 Å². The number of nitrogens with zero attached hydrogens (tertiary/aromatic N) is 1. The summed E-state index contributed by atoms with van der Waals surface area (Å²) < 4.78 is 33.2. The molecular formula is C20H19BrN2O4S. The summed E-state index contributed by atoms with van der Waals surface area (Å²) in [5, 5.41) is 0. The van der Waals surface area contributed by atoms with E-state index in [9.17, 15) is 13.2 Å². The molecule has 28 heavy (non-hydrogen) atoms. The molecule has 1 atom stereocenters. The van der Waals surface area contributed by atoms with Crippen molar-refractivity contribution in [2.45, 2.75) is 11.0 Å². The number of rotatable bonds is 5. The highest BCUT2D eigenvalue weighted by molar-refractivity contribution is 9.10. The minimum atomic E-state index is -3.68. The van der Waals surface area contributed by atoms with Crippen LogP contribution in [0.5, 0.6) is 0 Å². The smallest absolute Gasteiger partial charge is 0.254 e. The van der Waals surface area contributed by atoms with Crippen LogP contribution in [-0.2, 0) is 14.8 Å². The van der Waals surface area contributed by atoms with Gasteiger partial charge in [-0.2, -0.15) is 4.72 Å². The van der Waals surface area contributed by atoms with Crippen molar-refractivity contribution in [1.29, 1.82) is 0 Å². The first-order valence-electron chi connectivity index (χ1n) is 8.60. The van der Waals surface area contributed by atoms with E-state index in [1.807, 2.05) is 24.3 Å². The van der Waals surface area contributed by atoms with Crippen LogP contribution in [0.15, 0.2) is 57.9 Å². The molecule has 0 radical (unpaired) electrons. The molecule has 1 heterocycles. The van der Waals surface area contributed by atoms with E-state index in [1.54, 1.807) is 4.90 Å². The van der Waals surface area contributed by atoms with Gasteiger partial charge in [0.15, 0.2) is 0 Å². The Morgan fingerprint density at radius 2 is 1.89 bits per heavy atom. The molecule has 0 aromatic heterocycles. The SMILES string of the molecule is C#CCNS(=O)(=O)c1ccc(C(=O)N2CCOC(c3ccc(Br)cc3)C2)cc1. The normalized spacial score (nSPS) is 17.1. The maximum Gasteiger partial charge on any atom is 0.254 e. The Morgan fingerprint density at radius 3 is 2.54 bits per heavy atom. The number of sulfonamides is 1. The summed E-state index contributed by atoms with van der Waals surface area (Å²) in [6.07, 6.45) is 4.89. The molecule has 0 spiro atoms. The van der Waals surface area contributed by atoms with Crippen molar-refractivity contribution in [1.82, 2.24) is 9.62 Å². The van der Waals surface area contributed by atoms with Crippen molar-refractivity contribution in [2.24, 2.45) is 0 Å². The van der Waals surface area contributed by atoms with E-state index >= 15 is 0 Å². The van der Waals surface area contributed by atoms with Crippen LogP contribution in [-0.4, -0.2) is 45.5 Å². The van der Waals surface area contributed by atoms with E-state index in [-0.39, 0.29) is 23.5 Å². The van der Waals surface area contributed by atoms with Crippen LogP contribution in [0.3, 0.4) is 0 Å². The molecule has 8 heteroatoms. The second kappa shape index (κ2) is 8.88. The van der Waals surface area contributed by atoms with E-state index in [2.05, 4.69) is 26.6 Å². The molecule has 1 fully saturated rings. The van der Waals surface area contributed by atoms with E-state index < -0.39 is 10.0 Å². The Bertz CT molecular complexity index is 982. The predicted octanol–water partition coefficient (Wildman–Crippen LogP) is 2.57. The number of terminal acetylenes is 1. The van der Waals surface area contributed by atoms with E-state index in [0.717, 1.165) is 10.0 Å². The lowest BCUT2D eigenvalue weighted by Crippen LogP contribution is -2.42. The quantitative estimate of drug-likeness (QED) is 0.692. The fraction of sp³-hybridized carbons (Fsp3) is 0.250. The number of hydrogen-bond donors (Lipinski definition) is 1. The predicted molar refractivity (Wildman–Crippen MR) is 109 cm³/mol. The topological polar surface area (TPSA) is 75.7 Å². The number of nitrogens with one attached hydrogen (secondary N) is 1. The molecule has 1 amide bonds. The van der Waals surface area contributed by atoms with E-state index in [4.69, 9.17) is 11.2 Å². The molecule has 1 unspecified atom stereocenters. The van der Waals surface area contributed by atoms with Crippen molar-refractivity contribution >= 4 is 31.9 Å². The van der Waals surface area contributed by atoms with Crippen LogP contribution < -0.4 is 4.72 Å². The van der Waals surface area contributed by atoms with Crippen molar-refractivity contribution in [2.75, 3.05) is 26.2 Å². The third-order valence-electron chi connectivity index (χ3n) is 4.37. The standard InChI is InChI=1S/C20H19BrN2O4S/c1-2-11-22-28(25,26)18-9-5-16(6-10-18)20(24)23-12-13-27-19(14-23)15-3-7-17(21)8-4-15/h1,3-10,19,22H,11-14H2. The minimum Gasteiger partial charge on any atom is -0.370 e. The number of amides is 1. The third-order valence-corrected chi connectivity index (χ3v) is 6.32. The van der Waals surface area contributed by atoms with Gasteiger partial charge >= 0.3 is 0 Å². The van der Waals surface area contributed by atoms with Gasteiger partial charge in [0.25, 0.3) is 5.91 Å². The van der Waals surface area contributed by atoms with Gasteiger partial charge in [-0.15, -0.1) is 6.42 Å². The van der Waals surface area contributed by atoms with Gasteiger partial charge in [0, 0.05) is 16.6 Å².